The van der Waals surface area contributed by atoms with E-state index < -0.39 is 5.97 Å². The minimum atomic E-state index is -1.07. The fraction of sp³-hybridized carbons (Fsp3) is 0.357. The minimum absolute atomic E-state index is 0.363. The monoisotopic (exact) mass is 249 g/mol. The highest BCUT2D eigenvalue weighted by Gasteiger charge is 2.15. The second kappa shape index (κ2) is 5.67. The van der Waals surface area contributed by atoms with Crippen LogP contribution in [0.3, 0.4) is 0 Å². The van der Waals surface area contributed by atoms with Crippen molar-refractivity contribution in [2.24, 2.45) is 0 Å². The van der Waals surface area contributed by atoms with Crippen molar-refractivity contribution in [3.05, 3.63) is 35.7 Å². The van der Waals surface area contributed by atoms with Gasteiger partial charge in [-0.3, -0.25) is 0 Å². The molecule has 96 valence electrons. The van der Waals surface area contributed by atoms with E-state index in [-0.39, 0.29) is 5.82 Å². The fourth-order valence-electron chi connectivity index (χ4n) is 2.26. The summed E-state index contributed by atoms with van der Waals surface area (Å²) >= 11 is 0. The number of halogens is 1. The van der Waals surface area contributed by atoms with Gasteiger partial charge in [0.15, 0.2) is 0 Å². The van der Waals surface area contributed by atoms with Crippen LogP contribution in [0.15, 0.2) is 24.3 Å². The minimum Gasteiger partial charge on any atom is -0.478 e. The number of hydrogen-bond acceptors (Lipinski definition) is 2. The van der Waals surface area contributed by atoms with Crippen molar-refractivity contribution in [3.8, 4) is 0 Å². The van der Waals surface area contributed by atoms with E-state index >= 15 is 0 Å². The summed E-state index contributed by atoms with van der Waals surface area (Å²) in [5, 5.41) is 8.64. The van der Waals surface area contributed by atoms with Gasteiger partial charge >= 0.3 is 5.97 Å². The molecule has 1 heterocycles. The van der Waals surface area contributed by atoms with Crippen LogP contribution in [0, 0.1) is 5.82 Å². The number of carboxylic acids is 1. The second-order valence-electron chi connectivity index (χ2n) is 4.39. The van der Waals surface area contributed by atoms with Crippen molar-refractivity contribution in [1.82, 2.24) is 0 Å². The second-order valence-corrected chi connectivity index (χ2v) is 4.39. The zero-order valence-electron chi connectivity index (χ0n) is 10.1. The van der Waals surface area contributed by atoms with E-state index in [1.807, 2.05) is 6.07 Å². The predicted molar refractivity (Wildman–Crippen MR) is 69.1 cm³/mol. The van der Waals surface area contributed by atoms with Gasteiger partial charge in [-0.15, -0.1) is 0 Å². The lowest BCUT2D eigenvalue weighted by molar-refractivity contribution is -0.131. The van der Waals surface area contributed by atoms with Crippen LogP contribution >= 0.6 is 0 Å². The SMILES string of the molecule is O=C(O)/C=C/c1c(F)cccc1N1CCCCC1. The quantitative estimate of drug-likeness (QED) is 0.837. The summed E-state index contributed by atoms with van der Waals surface area (Å²) in [4.78, 5) is 12.7. The van der Waals surface area contributed by atoms with Gasteiger partial charge in [0, 0.05) is 30.4 Å². The van der Waals surface area contributed by atoms with Crippen LogP contribution in [0.4, 0.5) is 10.1 Å². The highest BCUT2D eigenvalue weighted by atomic mass is 19.1. The molecule has 4 heteroatoms. The Morgan fingerprint density at radius 2 is 2.00 bits per heavy atom. The zero-order valence-corrected chi connectivity index (χ0v) is 10.1. The van der Waals surface area contributed by atoms with Crippen molar-refractivity contribution in [1.29, 1.82) is 0 Å². The molecule has 1 aliphatic heterocycles. The first kappa shape index (κ1) is 12.6. The standard InChI is InChI=1S/C14H16FNO2/c15-12-5-4-6-13(11(12)7-8-14(17)18)16-9-2-1-3-10-16/h4-8H,1-3,9-10H2,(H,17,18)/b8-7+. The Labute approximate surface area is 106 Å². The summed E-state index contributed by atoms with van der Waals surface area (Å²) < 4.78 is 13.8. The first-order valence-electron chi connectivity index (χ1n) is 6.13. The van der Waals surface area contributed by atoms with E-state index in [4.69, 9.17) is 5.11 Å². The molecule has 0 saturated carbocycles. The third kappa shape index (κ3) is 2.88. The molecule has 1 aliphatic rings. The van der Waals surface area contributed by atoms with Crippen LogP contribution in [0.1, 0.15) is 24.8 Å². The van der Waals surface area contributed by atoms with E-state index in [1.54, 1.807) is 6.07 Å². The topological polar surface area (TPSA) is 40.5 Å². The summed E-state index contributed by atoms with van der Waals surface area (Å²) in [7, 11) is 0. The van der Waals surface area contributed by atoms with Gasteiger partial charge in [0.05, 0.1) is 0 Å². The first-order chi connectivity index (χ1) is 8.68. The molecule has 1 saturated heterocycles. The molecule has 1 aromatic carbocycles. The number of benzene rings is 1. The summed E-state index contributed by atoms with van der Waals surface area (Å²) in [5.41, 5.74) is 1.15. The van der Waals surface area contributed by atoms with Crippen molar-refractivity contribution >= 4 is 17.7 Å². The molecule has 2 rings (SSSR count). The molecule has 3 nitrogen and oxygen atoms in total. The largest absolute Gasteiger partial charge is 0.478 e. The Hall–Kier alpha value is -1.84. The van der Waals surface area contributed by atoms with E-state index in [1.165, 1.54) is 18.6 Å². The summed E-state index contributed by atoms with van der Waals surface area (Å²) in [6.45, 7) is 1.80. The molecule has 0 amide bonds. The van der Waals surface area contributed by atoms with E-state index in [0.29, 0.717) is 5.56 Å². The molecular weight excluding hydrogens is 233 g/mol. The van der Waals surface area contributed by atoms with Gasteiger partial charge in [-0.05, 0) is 37.5 Å². The molecule has 0 aromatic heterocycles. The van der Waals surface area contributed by atoms with Crippen molar-refractivity contribution in [2.45, 2.75) is 19.3 Å². The highest BCUT2D eigenvalue weighted by molar-refractivity contribution is 5.87. The van der Waals surface area contributed by atoms with Crippen LogP contribution in [-0.2, 0) is 4.79 Å². The number of carbonyl (C=O) groups is 1. The van der Waals surface area contributed by atoms with E-state index in [2.05, 4.69) is 4.90 Å². The van der Waals surface area contributed by atoms with Crippen LogP contribution in [0.5, 0.6) is 0 Å². The lowest BCUT2D eigenvalue weighted by Gasteiger charge is -2.30. The van der Waals surface area contributed by atoms with Gasteiger partial charge in [-0.2, -0.15) is 0 Å². The lowest BCUT2D eigenvalue weighted by atomic mass is 10.1. The Morgan fingerprint density at radius 1 is 1.28 bits per heavy atom. The van der Waals surface area contributed by atoms with Crippen LogP contribution < -0.4 is 4.90 Å². The Kier molecular flexibility index (Phi) is 3.97. The molecule has 1 fully saturated rings. The molecule has 1 N–H and O–H groups in total. The van der Waals surface area contributed by atoms with Gasteiger partial charge in [-0.25, -0.2) is 9.18 Å². The average molecular weight is 249 g/mol. The number of rotatable bonds is 3. The molecule has 0 atom stereocenters. The van der Waals surface area contributed by atoms with Crippen molar-refractivity contribution in [2.75, 3.05) is 18.0 Å². The molecule has 0 aliphatic carbocycles. The maximum atomic E-state index is 13.8. The highest BCUT2D eigenvalue weighted by Crippen LogP contribution is 2.27. The first-order valence-corrected chi connectivity index (χ1v) is 6.13. The van der Waals surface area contributed by atoms with Crippen molar-refractivity contribution in [3.63, 3.8) is 0 Å². The van der Waals surface area contributed by atoms with Gasteiger partial charge in [-0.1, -0.05) is 6.07 Å². The van der Waals surface area contributed by atoms with Gasteiger partial charge < -0.3 is 10.0 Å². The molecule has 0 radical (unpaired) electrons. The van der Waals surface area contributed by atoms with Crippen LogP contribution in [0.25, 0.3) is 6.08 Å². The maximum absolute atomic E-state index is 13.8. The number of hydrogen-bond donors (Lipinski definition) is 1. The number of piperidine rings is 1. The summed E-state index contributed by atoms with van der Waals surface area (Å²) in [6.07, 6.45) is 5.71. The van der Waals surface area contributed by atoms with Crippen LogP contribution in [0.2, 0.25) is 0 Å². The molecule has 18 heavy (non-hydrogen) atoms. The van der Waals surface area contributed by atoms with Crippen molar-refractivity contribution < 1.29 is 14.3 Å². The Bertz CT molecular complexity index is 465. The fourth-order valence-corrected chi connectivity index (χ4v) is 2.26. The van der Waals surface area contributed by atoms with Gasteiger partial charge in [0.2, 0.25) is 0 Å². The number of nitrogens with zero attached hydrogens (tertiary/aromatic N) is 1. The van der Waals surface area contributed by atoms with E-state index in [9.17, 15) is 9.18 Å². The molecule has 0 bridgehead atoms. The van der Waals surface area contributed by atoms with Gasteiger partial charge in [0.1, 0.15) is 5.82 Å². The Balaban J connectivity index is 2.33. The third-order valence-electron chi connectivity index (χ3n) is 3.12. The Morgan fingerprint density at radius 3 is 2.67 bits per heavy atom. The predicted octanol–water partition coefficient (Wildman–Crippen LogP) is 2.91. The summed E-state index contributed by atoms with van der Waals surface area (Å²) in [5.74, 6) is -1.45. The average Bonchev–Trinajstić information content (AvgIpc) is 2.38. The maximum Gasteiger partial charge on any atom is 0.328 e. The summed E-state index contributed by atoms with van der Waals surface area (Å²) in [6, 6.07) is 4.86. The third-order valence-corrected chi connectivity index (χ3v) is 3.12. The molecule has 0 spiro atoms. The van der Waals surface area contributed by atoms with Gasteiger partial charge in [0.25, 0.3) is 0 Å². The number of aliphatic carboxylic acids is 1. The normalized spacial score (nSPS) is 16.2. The molecule has 1 aromatic rings. The van der Waals surface area contributed by atoms with E-state index in [0.717, 1.165) is 37.7 Å². The molecular formula is C14H16FNO2. The number of carboxylic acid groups (broad SMARTS) is 1. The molecule has 0 unspecified atom stereocenters. The lowest BCUT2D eigenvalue weighted by Crippen LogP contribution is -2.30. The van der Waals surface area contributed by atoms with Crippen LogP contribution in [-0.4, -0.2) is 24.2 Å². The smallest absolute Gasteiger partial charge is 0.328 e. The number of anilines is 1. The zero-order chi connectivity index (χ0) is 13.0.